The van der Waals surface area contributed by atoms with Gasteiger partial charge in [-0.05, 0) is 0 Å². The Balaban J connectivity index is 3.10. The Labute approximate surface area is 104 Å². The van der Waals surface area contributed by atoms with Gasteiger partial charge >= 0.3 is 104 Å². The number of aliphatic hydroxyl groups is 1. The molecule has 0 unspecified atom stereocenters. The Bertz CT molecular complexity index is 268. The van der Waals surface area contributed by atoms with Crippen molar-refractivity contribution in [2.24, 2.45) is 5.41 Å². The van der Waals surface area contributed by atoms with Crippen molar-refractivity contribution in [2.45, 2.75) is 64.4 Å². The third-order valence-corrected chi connectivity index (χ3v) is 13.5. The van der Waals surface area contributed by atoms with Crippen molar-refractivity contribution in [3.05, 3.63) is 0 Å². The van der Waals surface area contributed by atoms with Gasteiger partial charge < -0.3 is 0 Å². The fourth-order valence-electron chi connectivity index (χ4n) is 3.11. The molecule has 2 nitrogen and oxygen atoms in total. The molecule has 0 aromatic carbocycles. The first kappa shape index (κ1) is 14.5. The summed E-state index contributed by atoms with van der Waals surface area (Å²) in [6.07, 6.45) is 3.21. The minimum atomic E-state index is -2.16. The van der Waals surface area contributed by atoms with E-state index < -0.39 is 29.9 Å². The summed E-state index contributed by atoms with van der Waals surface area (Å²) in [5, 5.41) is 10.1. The van der Waals surface area contributed by atoms with Gasteiger partial charge in [0.1, 0.15) is 0 Å². The molecule has 0 amide bonds. The van der Waals surface area contributed by atoms with E-state index in [2.05, 4.69) is 21.7 Å². The second kappa shape index (κ2) is 4.97. The van der Waals surface area contributed by atoms with Crippen molar-refractivity contribution in [3.63, 3.8) is 0 Å². The summed E-state index contributed by atoms with van der Waals surface area (Å²) in [5.41, 5.74) is -0.410. The van der Waals surface area contributed by atoms with Gasteiger partial charge in [-0.2, -0.15) is 0 Å². The molecule has 3 atom stereocenters. The summed E-state index contributed by atoms with van der Waals surface area (Å²) in [6.45, 7) is 4.03. The first-order valence-corrected chi connectivity index (χ1v) is 16.7. The van der Waals surface area contributed by atoms with Crippen molar-refractivity contribution in [1.29, 1.82) is 0 Å². The van der Waals surface area contributed by atoms with E-state index in [9.17, 15) is 9.90 Å². The topological polar surface area (TPSA) is 37.3 Å². The van der Waals surface area contributed by atoms with E-state index in [0.29, 0.717) is 16.1 Å². The number of carbonyl (C=O) groups excluding carboxylic acids is 1. The summed E-state index contributed by atoms with van der Waals surface area (Å²) in [5.74, 6) is 0.327. The molecule has 94 valence electrons. The monoisotopic (exact) mass is 334 g/mol. The van der Waals surface area contributed by atoms with Gasteiger partial charge in [0.05, 0.1) is 0 Å². The molecule has 3 heteroatoms. The van der Waals surface area contributed by atoms with Crippen LogP contribution in [0.4, 0.5) is 0 Å². The van der Waals surface area contributed by atoms with Gasteiger partial charge in [0.2, 0.25) is 0 Å². The average molecular weight is 333 g/mol. The molecule has 1 rings (SSSR count). The molecular weight excluding hydrogens is 307 g/mol. The molecule has 0 saturated heterocycles. The molecule has 1 aliphatic rings. The van der Waals surface area contributed by atoms with E-state index in [0.717, 1.165) is 19.3 Å². The molecule has 1 aliphatic carbocycles. The number of aliphatic hydroxyl groups excluding tert-OH is 1. The third-order valence-electron chi connectivity index (χ3n) is 4.58. The number of carbonyl (C=O) groups is 1. The van der Waals surface area contributed by atoms with Crippen LogP contribution in [0.3, 0.4) is 0 Å². The summed E-state index contributed by atoms with van der Waals surface area (Å²) >= 11 is -2.16. The van der Waals surface area contributed by atoms with Crippen LogP contribution in [0.1, 0.15) is 39.5 Å². The first-order chi connectivity index (χ1) is 7.23. The Morgan fingerprint density at radius 2 is 1.81 bits per heavy atom. The van der Waals surface area contributed by atoms with Crippen LogP contribution in [0.25, 0.3) is 0 Å². The van der Waals surface area contributed by atoms with E-state index in [4.69, 9.17) is 0 Å². The second-order valence-electron chi connectivity index (χ2n) is 6.43. The summed E-state index contributed by atoms with van der Waals surface area (Å²) in [4.78, 5) is 19.4. The van der Waals surface area contributed by atoms with E-state index in [1.165, 1.54) is 0 Å². The van der Waals surface area contributed by atoms with E-state index in [1.807, 2.05) is 6.92 Å². The molecule has 0 heterocycles. The first-order valence-electron chi connectivity index (χ1n) is 6.44. The van der Waals surface area contributed by atoms with Crippen molar-refractivity contribution in [2.75, 3.05) is 0 Å². The molecule has 0 radical (unpaired) electrons. The van der Waals surface area contributed by atoms with Crippen molar-refractivity contribution in [3.8, 4) is 0 Å². The Morgan fingerprint density at radius 3 is 2.19 bits per heavy atom. The number of ketones is 1. The van der Waals surface area contributed by atoms with Gasteiger partial charge in [0.15, 0.2) is 0 Å². The van der Waals surface area contributed by atoms with Gasteiger partial charge in [-0.25, -0.2) is 0 Å². The zero-order valence-electron chi connectivity index (χ0n) is 11.3. The number of hydrogen-bond donors (Lipinski definition) is 1. The van der Waals surface area contributed by atoms with Crippen LogP contribution in [-0.4, -0.2) is 35.4 Å². The predicted octanol–water partition coefficient (Wildman–Crippen LogP) is 3.23. The maximum atomic E-state index is 12.3. The van der Waals surface area contributed by atoms with Crippen LogP contribution in [-0.2, 0) is 4.79 Å². The normalized spacial score (nSPS) is 31.2. The SMILES string of the molecule is C[C@H]([C@@]1([C@@H](C)O)CCCCC1=O)[Sn]([CH3])([CH3])[CH3]. The number of hydrogen-bond acceptors (Lipinski definition) is 2. The van der Waals surface area contributed by atoms with Gasteiger partial charge in [-0.3, -0.25) is 0 Å². The Kier molecular flexibility index (Phi) is 4.50. The Hall–Kier alpha value is 0.429. The molecule has 1 fully saturated rings. The van der Waals surface area contributed by atoms with Crippen LogP contribution in [0.15, 0.2) is 0 Å². The minimum absolute atomic E-state index is 0.327. The fourth-order valence-corrected chi connectivity index (χ4v) is 9.08. The zero-order valence-corrected chi connectivity index (χ0v) is 14.2. The molecule has 0 bridgehead atoms. The summed E-state index contributed by atoms with van der Waals surface area (Å²) in [6, 6.07) is 0. The van der Waals surface area contributed by atoms with Gasteiger partial charge in [-0.15, -0.1) is 0 Å². The van der Waals surface area contributed by atoms with Crippen LogP contribution in [0.5, 0.6) is 0 Å². The van der Waals surface area contributed by atoms with Crippen molar-refractivity contribution < 1.29 is 9.90 Å². The number of Topliss-reactive ketones (excluding diaryl/α,β-unsaturated/α-hetero) is 1. The van der Waals surface area contributed by atoms with E-state index >= 15 is 0 Å². The van der Waals surface area contributed by atoms with Gasteiger partial charge in [-0.1, -0.05) is 0 Å². The van der Waals surface area contributed by atoms with Crippen LogP contribution in [0, 0.1) is 5.41 Å². The van der Waals surface area contributed by atoms with E-state index in [1.54, 1.807) is 0 Å². The molecule has 1 saturated carbocycles. The molecule has 1 N–H and O–H groups in total. The Morgan fingerprint density at radius 1 is 1.25 bits per heavy atom. The third kappa shape index (κ3) is 2.47. The molecule has 0 aliphatic heterocycles. The average Bonchev–Trinajstić information content (AvgIpc) is 2.16. The molecule has 16 heavy (non-hydrogen) atoms. The van der Waals surface area contributed by atoms with Crippen molar-refractivity contribution in [1.82, 2.24) is 0 Å². The summed E-state index contributed by atoms with van der Waals surface area (Å²) in [7, 11) is 0. The number of rotatable bonds is 3. The molecular formula is C13H26O2Sn. The van der Waals surface area contributed by atoms with Gasteiger partial charge in [0, 0.05) is 0 Å². The van der Waals surface area contributed by atoms with Gasteiger partial charge in [0.25, 0.3) is 0 Å². The molecule has 0 aromatic rings. The predicted molar refractivity (Wildman–Crippen MR) is 70.4 cm³/mol. The zero-order chi connectivity index (χ0) is 12.6. The fraction of sp³-hybridized carbons (Fsp3) is 0.923. The quantitative estimate of drug-likeness (QED) is 0.806. The van der Waals surface area contributed by atoms with E-state index in [-0.39, 0.29) is 0 Å². The second-order valence-corrected chi connectivity index (χ2v) is 22.4. The van der Waals surface area contributed by atoms with Crippen LogP contribution < -0.4 is 0 Å². The molecule has 0 spiro atoms. The standard InChI is InChI=1S/C10H17O2.3CH3.Sn/c1-3-10(8(2)11)7-5-4-6-9(10)12;;;;/h3,8,11H,4-7H2,1-2H3;3*1H3;/t8-,10+;;;;/m1..../s1. The van der Waals surface area contributed by atoms with Crippen LogP contribution >= 0.6 is 0 Å². The summed E-state index contributed by atoms with van der Waals surface area (Å²) < 4.78 is 0.426. The van der Waals surface area contributed by atoms with Crippen molar-refractivity contribution >= 4 is 24.2 Å². The maximum absolute atomic E-state index is 12.3. The molecule has 0 aromatic heterocycles. The van der Waals surface area contributed by atoms with Crippen LogP contribution in [0.2, 0.25) is 18.8 Å².